The molecule has 0 spiro atoms. The van der Waals surface area contributed by atoms with Crippen LogP contribution in [0, 0.1) is 5.41 Å². The molecule has 0 aromatic heterocycles. The first-order valence-corrected chi connectivity index (χ1v) is 9.23. The van der Waals surface area contributed by atoms with Gasteiger partial charge in [-0.25, -0.2) is 8.42 Å². The summed E-state index contributed by atoms with van der Waals surface area (Å²) in [5, 5.41) is 0. The standard InChI is InChI=1S/C16H29N3O2S/c1-4-19(13-16(2,3)11-5-6-12-17)22(20,21)15-9-7-14(18)8-10-15/h7-10H,4-6,11-13,17-18H2,1-3H3. The lowest BCUT2D eigenvalue weighted by Crippen LogP contribution is -2.38. The van der Waals surface area contributed by atoms with Crippen LogP contribution in [-0.2, 0) is 10.0 Å². The summed E-state index contributed by atoms with van der Waals surface area (Å²) in [6, 6.07) is 6.36. The summed E-state index contributed by atoms with van der Waals surface area (Å²) in [4.78, 5) is 0.293. The Morgan fingerprint density at radius 1 is 1.14 bits per heavy atom. The van der Waals surface area contributed by atoms with Crippen LogP contribution in [0.5, 0.6) is 0 Å². The van der Waals surface area contributed by atoms with E-state index in [2.05, 4.69) is 13.8 Å². The molecular weight excluding hydrogens is 298 g/mol. The third-order valence-electron chi connectivity index (χ3n) is 3.78. The van der Waals surface area contributed by atoms with E-state index in [4.69, 9.17) is 11.5 Å². The molecule has 0 atom stereocenters. The molecule has 6 heteroatoms. The van der Waals surface area contributed by atoms with Crippen LogP contribution in [0.1, 0.15) is 40.0 Å². The Kier molecular flexibility index (Phi) is 6.84. The van der Waals surface area contributed by atoms with Crippen molar-refractivity contribution in [3.63, 3.8) is 0 Å². The van der Waals surface area contributed by atoms with Gasteiger partial charge in [-0.15, -0.1) is 0 Å². The maximum Gasteiger partial charge on any atom is 0.243 e. The molecule has 0 aliphatic heterocycles. The molecule has 0 amide bonds. The number of nitrogen functional groups attached to an aromatic ring is 1. The van der Waals surface area contributed by atoms with E-state index in [0.29, 0.717) is 30.2 Å². The van der Waals surface area contributed by atoms with Gasteiger partial charge < -0.3 is 11.5 Å². The zero-order chi connectivity index (χ0) is 16.8. The zero-order valence-electron chi connectivity index (χ0n) is 13.9. The Hall–Kier alpha value is -1.11. The second kappa shape index (κ2) is 7.94. The van der Waals surface area contributed by atoms with Crippen molar-refractivity contribution in [3.8, 4) is 0 Å². The highest BCUT2D eigenvalue weighted by Gasteiger charge is 2.29. The van der Waals surface area contributed by atoms with Gasteiger partial charge >= 0.3 is 0 Å². The summed E-state index contributed by atoms with van der Waals surface area (Å²) >= 11 is 0. The molecule has 22 heavy (non-hydrogen) atoms. The zero-order valence-corrected chi connectivity index (χ0v) is 14.7. The number of sulfonamides is 1. The van der Waals surface area contributed by atoms with E-state index >= 15 is 0 Å². The van der Waals surface area contributed by atoms with Crippen LogP contribution in [0.4, 0.5) is 5.69 Å². The van der Waals surface area contributed by atoms with Crippen LogP contribution in [0.2, 0.25) is 0 Å². The van der Waals surface area contributed by atoms with Crippen molar-refractivity contribution in [2.75, 3.05) is 25.4 Å². The number of rotatable bonds is 9. The molecule has 0 saturated carbocycles. The first-order chi connectivity index (χ1) is 10.2. The fraction of sp³-hybridized carbons (Fsp3) is 0.625. The summed E-state index contributed by atoms with van der Waals surface area (Å²) in [6.45, 7) is 7.70. The van der Waals surface area contributed by atoms with Crippen LogP contribution in [0.3, 0.4) is 0 Å². The minimum Gasteiger partial charge on any atom is -0.399 e. The molecule has 0 saturated heterocycles. The number of nitrogens with zero attached hydrogens (tertiary/aromatic N) is 1. The molecule has 0 radical (unpaired) electrons. The van der Waals surface area contributed by atoms with E-state index < -0.39 is 10.0 Å². The quantitative estimate of drug-likeness (QED) is 0.538. The lowest BCUT2D eigenvalue weighted by molar-refractivity contribution is 0.242. The van der Waals surface area contributed by atoms with Crippen LogP contribution in [0.15, 0.2) is 29.2 Å². The Bertz CT molecular complexity index is 553. The van der Waals surface area contributed by atoms with Gasteiger partial charge in [0, 0.05) is 18.8 Å². The van der Waals surface area contributed by atoms with Crippen LogP contribution in [-0.4, -0.2) is 32.4 Å². The van der Waals surface area contributed by atoms with Crippen molar-refractivity contribution < 1.29 is 8.42 Å². The molecule has 5 nitrogen and oxygen atoms in total. The monoisotopic (exact) mass is 327 g/mol. The van der Waals surface area contributed by atoms with Gasteiger partial charge in [0.2, 0.25) is 10.0 Å². The van der Waals surface area contributed by atoms with Gasteiger partial charge in [0.05, 0.1) is 4.90 Å². The normalized spacial score (nSPS) is 12.8. The van der Waals surface area contributed by atoms with E-state index in [9.17, 15) is 8.42 Å². The van der Waals surface area contributed by atoms with E-state index in [-0.39, 0.29) is 5.41 Å². The number of hydrogen-bond acceptors (Lipinski definition) is 4. The molecule has 0 aliphatic rings. The van der Waals surface area contributed by atoms with Gasteiger partial charge in [0.1, 0.15) is 0 Å². The molecule has 0 fully saturated rings. The number of hydrogen-bond donors (Lipinski definition) is 2. The molecule has 126 valence electrons. The van der Waals surface area contributed by atoms with Crippen molar-refractivity contribution >= 4 is 15.7 Å². The highest BCUT2D eigenvalue weighted by Crippen LogP contribution is 2.27. The van der Waals surface area contributed by atoms with Gasteiger partial charge in [-0.2, -0.15) is 4.31 Å². The van der Waals surface area contributed by atoms with Crippen LogP contribution >= 0.6 is 0 Å². The highest BCUT2D eigenvalue weighted by atomic mass is 32.2. The van der Waals surface area contributed by atoms with E-state index in [1.165, 1.54) is 0 Å². The molecule has 4 N–H and O–H groups in total. The minimum atomic E-state index is -3.48. The van der Waals surface area contributed by atoms with Crippen molar-refractivity contribution in [1.29, 1.82) is 0 Å². The third-order valence-corrected chi connectivity index (χ3v) is 5.72. The number of benzene rings is 1. The maximum atomic E-state index is 12.7. The van der Waals surface area contributed by atoms with Gasteiger partial charge in [0.15, 0.2) is 0 Å². The topological polar surface area (TPSA) is 89.4 Å². The summed E-state index contributed by atoms with van der Waals surface area (Å²) in [7, 11) is -3.48. The summed E-state index contributed by atoms with van der Waals surface area (Å²) in [6.07, 6.45) is 2.95. The van der Waals surface area contributed by atoms with Crippen LogP contribution in [0.25, 0.3) is 0 Å². The van der Waals surface area contributed by atoms with E-state index in [1.54, 1.807) is 28.6 Å². The average Bonchev–Trinajstić information content (AvgIpc) is 2.45. The summed E-state index contributed by atoms with van der Waals surface area (Å²) in [5.74, 6) is 0. The minimum absolute atomic E-state index is 0.0773. The van der Waals surface area contributed by atoms with Crippen molar-refractivity contribution in [2.45, 2.75) is 44.9 Å². The van der Waals surface area contributed by atoms with Gasteiger partial charge in [-0.05, 0) is 49.1 Å². The van der Waals surface area contributed by atoms with Gasteiger partial charge in [-0.1, -0.05) is 27.2 Å². The second-order valence-corrected chi connectivity index (χ2v) is 8.35. The molecule has 0 bridgehead atoms. The number of nitrogens with two attached hydrogens (primary N) is 2. The summed E-state index contributed by atoms with van der Waals surface area (Å²) < 4.78 is 27.0. The first-order valence-electron chi connectivity index (χ1n) is 7.78. The second-order valence-electron chi connectivity index (χ2n) is 6.41. The molecule has 1 rings (SSSR count). The smallest absolute Gasteiger partial charge is 0.243 e. The summed E-state index contributed by atoms with van der Waals surface area (Å²) in [5.41, 5.74) is 11.6. The van der Waals surface area contributed by atoms with Crippen molar-refractivity contribution in [1.82, 2.24) is 4.31 Å². The lowest BCUT2D eigenvalue weighted by atomic mass is 9.87. The molecular formula is C16H29N3O2S. The Labute approximate surface area is 134 Å². The molecule has 0 unspecified atom stereocenters. The Balaban J connectivity index is 2.87. The maximum absolute atomic E-state index is 12.7. The fourth-order valence-corrected chi connectivity index (χ4v) is 4.10. The van der Waals surface area contributed by atoms with Crippen molar-refractivity contribution in [2.24, 2.45) is 11.1 Å². The molecule has 1 aromatic carbocycles. The largest absolute Gasteiger partial charge is 0.399 e. The average molecular weight is 327 g/mol. The fourth-order valence-electron chi connectivity index (χ4n) is 2.46. The Morgan fingerprint density at radius 3 is 2.23 bits per heavy atom. The predicted octanol–water partition coefficient (Wildman–Crippen LogP) is 2.43. The van der Waals surface area contributed by atoms with Crippen molar-refractivity contribution in [3.05, 3.63) is 24.3 Å². The predicted molar refractivity (Wildman–Crippen MR) is 92.0 cm³/mol. The highest BCUT2D eigenvalue weighted by molar-refractivity contribution is 7.89. The lowest BCUT2D eigenvalue weighted by Gasteiger charge is -2.31. The number of anilines is 1. The Morgan fingerprint density at radius 2 is 1.73 bits per heavy atom. The molecule has 0 aliphatic carbocycles. The van der Waals surface area contributed by atoms with E-state index in [1.807, 2.05) is 6.92 Å². The first kappa shape index (κ1) is 18.9. The van der Waals surface area contributed by atoms with Crippen LogP contribution < -0.4 is 11.5 Å². The SMILES string of the molecule is CCN(CC(C)(C)CCCCN)S(=O)(=O)c1ccc(N)cc1. The number of unbranched alkanes of at least 4 members (excludes halogenated alkanes) is 1. The third kappa shape index (κ3) is 5.26. The van der Waals surface area contributed by atoms with Gasteiger partial charge in [-0.3, -0.25) is 0 Å². The molecule has 0 heterocycles. The molecule has 1 aromatic rings. The van der Waals surface area contributed by atoms with E-state index in [0.717, 1.165) is 19.3 Å². The van der Waals surface area contributed by atoms with Gasteiger partial charge in [0.25, 0.3) is 0 Å².